The third-order valence-electron chi connectivity index (χ3n) is 3.56. The lowest BCUT2D eigenvalue weighted by Gasteiger charge is -2.34. The Morgan fingerprint density at radius 1 is 1.27 bits per heavy atom. The van der Waals surface area contributed by atoms with E-state index in [1.807, 2.05) is 0 Å². The lowest BCUT2D eigenvalue weighted by Crippen LogP contribution is -2.50. The van der Waals surface area contributed by atoms with Crippen molar-refractivity contribution in [1.82, 2.24) is 19.9 Å². The molecule has 0 spiro atoms. The maximum atomic E-state index is 12.3. The standard InChI is InChI=1S/C14H18N6O2/c1-22-12-11(3-2-4-15-12)18-14(21)20-9-7-19(8-10-20)13-16-5-6-17-13/h2-6H,7-10H2,1H3,(H,16,17)(H,18,21). The predicted octanol–water partition coefficient (Wildman–Crippen LogP) is 1.17. The number of carbonyl (C=O) groups is 1. The van der Waals surface area contributed by atoms with Gasteiger partial charge in [0.1, 0.15) is 5.69 Å². The summed E-state index contributed by atoms with van der Waals surface area (Å²) in [4.78, 5) is 27.6. The van der Waals surface area contributed by atoms with Gasteiger partial charge in [-0.25, -0.2) is 14.8 Å². The smallest absolute Gasteiger partial charge is 0.322 e. The van der Waals surface area contributed by atoms with E-state index < -0.39 is 0 Å². The van der Waals surface area contributed by atoms with E-state index in [1.54, 1.807) is 35.6 Å². The Morgan fingerprint density at radius 3 is 2.77 bits per heavy atom. The average molecular weight is 302 g/mol. The molecular weight excluding hydrogens is 284 g/mol. The molecule has 8 nitrogen and oxygen atoms in total. The number of carbonyl (C=O) groups excluding carboxylic acids is 1. The molecular formula is C14H18N6O2. The lowest BCUT2D eigenvalue weighted by atomic mass is 10.3. The van der Waals surface area contributed by atoms with Crippen LogP contribution in [0.2, 0.25) is 0 Å². The number of urea groups is 1. The van der Waals surface area contributed by atoms with E-state index in [2.05, 4.69) is 25.2 Å². The van der Waals surface area contributed by atoms with E-state index in [4.69, 9.17) is 4.74 Å². The fourth-order valence-corrected chi connectivity index (χ4v) is 2.39. The summed E-state index contributed by atoms with van der Waals surface area (Å²) in [7, 11) is 1.53. The highest BCUT2D eigenvalue weighted by Gasteiger charge is 2.23. The molecule has 0 aromatic carbocycles. The van der Waals surface area contributed by atoms with Gasteiger partial charge in [-0.2, -0.15) is 0 Å². The molecule has 0 atom stereocenters. The van der Waals surface area contributed by atoms with Crippen molar-refractivity contribution in [2.75, 3.05) is 43.5 Å². The first-order chi connectivity index (χ1) is 10.8. The number of anilines is 2. The first-order valence-corrected chi connectivity index (χ1v) is 7.07. The fourth-order valence-electron chi connectivity index (χ4n) is 2.39. The molecule has 0 bridgehead atoms. The zero-order chi connectivity index (χ0) is 15.4. The summed E-state index contributed by atoms with van der Waals surface area (Å²) in [5.41, 5.74) is 0.573. The van der Waals surface area contributed by atoms with Gasteiger partial charge in [0, 0.05) is 44.8 Å². The normalized spacial score (nSPS) is 14.8. The van der Waals surface area contributed by atoms with Gasteiger partial charge in [-0.1, -0.05) is 0 Å². The molecule has 2 aromatic rings. The number of hydrogen-bond donors (Lipinski definition) is 2. The summed E-state index contributed by atoms with van der Waals surface area (Å²) in [5, 5.41) is 2.84. The van der Waals surface area contributed by atoms with E-state index in [1.165, 1.54) is 7.11 Å². The van der Waals surface area contributed by atoms with Crippen molar-refractivity contribution < 1.29 is 9.53 Å². The molecule has 2 N–H and O–H groups in total. The molecule has 22 heavy (non-hydrogen) atoms. The van der Waals surface area contributed by atoms with Gasteiger partial charge in [0.25, 0.3) is 0 Å². The quantitative estimate of drug-likeness (QED) is 0.888. The van der Waals surface area contributed by atoms with Crippen LogP contribution in [0.1, 0.15) is 0 Å². The molecule has 1 aliphatic rings. The Morgan fingerprint density at radius 2 is 2.09 bits per heavy atom. The largest absolute Gasteiger partial charge is 0.480 e. The molecule has 0 radical (unpaired) electrons. The van der Waals surface area contributed by atoms with Gasteiger partial charge in [0.05, 0.1) is 7.11 Å². The van der Waals surface area contributed by atoms with Gasteiger partial charge in [-0.3, -0.25) is 0 Å². The lowest BCUT2D eigenvalue weighted by molar-refractivity contribution is 0.208. The van der Waals surface area contributed by atoms with Crippen molar-refractivity contribution >= 4 is 17.7 Å². The molecule has 0 unspecified atom stereocenters. The van der Waals surface area contributed by atoms with Gasteiger partial charge in [-0.05, 0) is 12.1 Å². The molecule has 2 amide bonds. The number of piperazine rings is 1. The van der Waals surface area contributed by atoms with Gasteiger partial charge in [0.2, 0.25) is 11.8 Å². The third kappa shape index (κ3) is 2.95. The van der Waals surface area contributed by atoms with Crippen LogP contribution >= 0.6 is 0 Å². The Hall–Kier alpha value is -2.77. The number of nitrogens with one attached hydrogen (secondary N) is 2. The molecule has 1 saturated heterocycles. The summed E-state index contributed by atoms with van der Waals surface area (Å²) in [6.45, 7) is 2.75. The van der Waals surface area contributed by atoms with Crippen molar-refractivity contribution in [1.29, 1.82) is 0 Å². The second-order valence-electron chi connectivity index (χ2n) is 4.88. The van der Waals surface area contributed by atoms with Crippen molar-refractivity contribution in [3.63, 3.8) is 0 Å². The second-order valence-corrected chi connectivity index (χ2v) is 4.88. The summed E-state index contributed by atoms with van der Waals surface area (Å²) in [6, 6.07) is 3.38. The Kier molecular flexibility index (Phi) is 4.08. The number of methoxy groups -OCH3 is 1. The van der Waals surface area contributed by atoms with E-state index in [0.717, 1.165) is 19.0 Å². The zero-order valence-corrected chi connectivity index (χ0v) is 12.3. The molecule has 3 rings (SSSR count). The highest BCUT2D eigenvalue weighted by Crippen LogP contribution is 2.20. The summed E-state index contributed by atoms with van der Waals surface area (Å²) in [5.74, 6) is 1.25. The SMILES string of the molecule is COc1ncccc1NC(=O)N1CCN(c2ncc[nH]2)CC1. The Labute approximate surface area is 128 Å². The van der Waals surface area contributed by atoms with E-state index >= 15 is 0 Å². The van der Waals surface area contributed by atoms with Crippen LogP contribution in [0.3, 0.4) is 0 Å². The summed E-state index contributed by atoms with van der Waals surface area (Å²) in [6.07, 6.45) is 5.14. The maximum absolute atomic E-state index is 12.3. The topological polar surface area (TPSA) is 86.4 Å². The molecule has 8 heteroatoms. The number of ether oxygens (including phenoxy) is 1. The number of aromatic amines is 1. The molecule has 116 valence electrons. The van der Waals surface area contributed by atoms with Crippen LogP contribution in [0.5, 0.6) is 5.88 Å². The highest BCUT2D eigenvalue weighted by molar-refractivity contribution is 5.90. The van der Waals surface area contributed by atoms with Crippen molar-refractivity contribution in [2.24, 2.45) is 0 Å². The minimum absolute atomic E-state index is 0.148. The van der Waals surface area contributed by atoms with Gasteiger partial charge >= 0.3 is 6.03 Å². The number of imidazole rings is 1. The molecule has 0 aliphatic carbocycles. The number of H-pyrrole nitrogens is 1. The number of aromatic nitrogens is 3. The van der Waals surface area contributed by atoms with E-state index in [-0.39, 0.29) is 6.03 Å². The fraction of sp³-hybridized carbons (Fsp3) is 0.357. The molecule has 1 aliphatic heterocycles. The van der Waals surface area contributed by atoms with Crippen molar-refractivity contribution in [3.8, 4) is 5.88 Å². The third-order valence-corrected chi connectivity index (χ3v) is 3.56. The Balaban J connectivity index is 1.58. The van der Waals surface area contributed by atoms with Gasteiger partial charge < -0.3 is 24.8 Å². The number of rotatable bonds is 3. The molecule has 0 saturated carbocycles. The minimum atomic E-state index is -0.148. The van der Waals surface area contributed by atoms with Crippen LogP contribution < -0.4 is 15.0 Å². The highest BCUT2D eigenvalue weighted by atomic mass is 16.5. The van der Waals surface area contributed by atoms with Gasteiger partial charge in [0.15, 0.2) is 0 Å². The zero-order valence-electron chi connectivity index (χ0n) is 12.3. The van der Waals surface area contributed by atoms with Crippen LogP contribution in [0.4, 0.5) is 16.4 Å². The monoisotopic (exact) mass is 302 g/mol. The van der Waals surface area contributed by atoms with Crippen LogP contribution in [-0.4, -0.2) is 59.2 Å². The summed E-state index contributed by atoms with van der Waals surface area (Å²) < 4.78 is 5.13. The second kappa shape index (κ2) is 6.33. The van der Waals surface area contributed by atoms with E-state index in [0.29, 0.717) is 24.7 Å². The maximum Gasteiger partial charge on any atom is 0.322 e. The number of amides is 2. The van der Waals surface area contributed by atoms with Crippen molar-refractivity contribution in [3.05, 3.63) is 30.7 Å². The minimum Gasteiger partial charge on any atom is -0.480 e. The molecule has 3 heterocycles. The van der Waals surface area contributed by atoms with Crippen LogP contribution in [0.15, 0.2) is 30.7 Å². The summed E-state index contributed by atoms with van der Waals surface area (Å²) >= 11 is 0. The number of hydrogen-bond acceptors (Lipinski definition) is 5. The molecule has 1 fully saturated rings. The Bertz CT molecular complexity index is 622. The van der Waals surface area contributed by atoms with Crippen LogP contribution in [0.25, 0.3) is 0 Å². The van der Waals surface area contributed by atoms with Gasteiger partial charge in [-0.15, -0.1) is 0 Å². The molecule has 2 aromatic heterocycles. The predicted molar refractivity (Wildman–Crippen MR) is 82.2 cm³/mol. The van der Waals surface area contributed by atoms with Crippen LogP contribution in [0, 0.1) is 0 Å². The first kappa shape index (κ1) is 14.2. The average Bonchev–Trinajstić information content (AvgIpc) is 3.10. The van der Waals surface area contributed by atoms with Crippen molar-refractivity contribution in [2.45, 2.75) is 0 Å². The first-order valence-electron chi connectivity index (χ1n) is 7.07. The number of nitrogens with zero attached hydrogens (tertiary/aromatic N) is 4. The van der Waals surface area contributed by atoms with Crippen LogP contribution in [-0.2, 0) is 0 Å². The van der Waals surface area contributed by atoms with E-state index in [9.17, 15) is 4.79 Å². The number of pyridine rings is 1.